The summed E-state index contributed by atoms with van der Waals surface area (Å²) in [5, 5.41) is 0. The van der Waals surface area contributed by atoms with E-state index in [2.05, 4.69) is 0 Å². The largest absolute Gasteiger partial charge is 0.462 e. The second kappa shape index (κ2) is 5.85. The van der Waals surface area contributed by atoms with Crippen molar-refractivity contribution >= 4 is 11.7 Å². The molecule has 3 nitrogen and oxygen atoms in total. The average Bonchev–Trinajstić information content (AvgIpc) is 2.40. The average molecular weight is 251 g/mol. The lowest BCUT2D eigenvalue weighted by Crippen LogP contribution is -2.17. The smallest absolute Gasteiger partial charge is 0.338 e. The maximum atomic E-state index is 13.0. The van der Waals surface area contributed by atoms with Crippen molar-refractivity contribution in [1.29, 1.82) is 0 Å². The molecule has 4 heteroatoms. The number of anilines is 1. The Morgan fingerprint density at radius 1 is 1.33 bits per heavy atom. The molecule has 1 aliphatic rings. The van der Waals surface area contributed by atoms with Gasteiger partial charge in [0.1, 0.15) is 5.82 Å². The molecule has 18 heavy (non-hydrogen) atoms. The third-order valence-corrected chi connectivity index (χ3v) is 3.41. The second-order valence-corrected chi connectivity index (χ2v) is 4.84. The van der Waals surface area contributed by atoms with Gasteiger partial charge in [-0.15, -0.1) is 0 Å². The van der Waals surface area contributed by atoms with Crippen LogP contribution >= 0.6 is 0 Å². The molecule has 0 bridgehead atoms. The normalized spacial score (nSPS) is 16.5. The number of carbonyl (C=O) groups is 1. The highest BCUT2D eigenvalue weighted by atomic mass is 19.1. The molecule has 0 unspecified atom stereocenters. The van der Waals surface area contributed by atoms with Gasteiger partial charge in [0.25, 0.3) is 0 Å². The van der Waals surface area contributed by atoms with Crippen LogP contribution in [0, 0.1) is 11.7 Å². The third-order valence-electron chi connectivity index (χ3n) is 3.41. The highest BCUT2D eigenvalue weighted by molar-refractivity contribution is 5.90. The Kier molecular flexibility index (Phi) is 4.18. The number of nitrogen functional groups attached to an aromatic ring is 1. The van der Waals surface area contributed by atoms with E-state index in [0.717, 1.165) is 12.8 Å². The molecule has 0 radical (unpaired) electrons. The van der Waals surface area contributed by atoms with Crippen LogP contribution in [-0.4, -0.2) is 12.6 Å². The summed E-state index contributed by atoms with van der Waals surface area (Å²) in [4.78, 5) is 11.8. The van der Waals surface area contributed by atoms with Crippen LogP contribution in [0.15, 0.2) is 18.2 Å². The van der Waals surface area contributed by atoms with Crippen molar-refractivity contribution in [3.63, 3.8) is 0 Å². The minimum Gasteiger partial charge on any atom is -0.462 e. The summed E-state index contributed by atoms with van der Waals surface area (Å²) >= 11 is 0. The molecule has 0 atom stereocenters. The second-order valence-electron chi connectivity index (χ2n) is 4.84. The predicted molar refractivity (Wildman–Crippen MR) is 67.7 cm³/mol. The SMILES string of the molecule is Nc1cc(C(=O)OCC2CCCCC2)ccc1F. The Labute approximate surface area is 106 Å². The Morgan fingerprint density at radius 3 is 2.72 bits per heavy atom. The fraction of sp³-hybridized carbons (Fsp3) is 0.500. The molecule has 1 aliphatic carbocycles. The number of hydrogen-bond acceptors (Lipinski definition) is 3. The summed E-state index contributed by atoms with van der Waals surface area (Å²) in [5.74, 6) is -0.466. The van der Waals surface area contributed by atoms with E-state index >= 15 is 0 Å². The lowest BCUT2D eigenvalue weighted by molar-refractivity contribution is 0.0410. The highest BCUT2D eigenvalue weighted by Crippen LogP contribution is 2.24. The van der Waals surface area contributed by atoms with E-state index in [4.69, 9.17) is 10.5 Å². The first-order valence-electron chi connectivity index (χ1n) is 6.39. The lowest BCUT2D eigenvalue weighted by Gasteiger charge is -2.21. The summed E-state index contributed by atoms with van der Waals surface area (Å²) < 4.78 is 18.2. The summed E-state index contributed by atoms with van der Waals surface area (Å²) in [5.41, 5.74) is 5.70. The lowest BCUT2D eigenvalue weighted by atomic mass is 9.90. The van der Waals surface area contributed by atoms with E-state index in [1.165, 1.54) is 37.5 Å². The predicted octanol–water partition coefficient (Wildman–Crippen LogP) is 3.15. The number of carbonyl (C=O) groups excluding carboxylic acids is 1. The van der Waals surface area contributed by atoms with Crippen molar-refractivity contribution < 1.29 is 13.9 Å². The van der Waals surface area contributed by atoms with Gasteiger partial charge in [-0.1, -0.05) is 19.3 Å². The molecule has 2 N–H and O–H groups in total. The van der Waals surface area contributed by atoms with Crippen LogP contribution in [-0.2, 0) is 4.74 Å². The van der Waals surface area contributed by atoms with Gasteiger partial charge < -0.3 is 10.5 Å². The van der Waals surface area contributed by atoms with Gasteiger partial charge in [-0.05, 0) is 37.0 Å². The molecule has 0 aliphatic heterocycles. The molecule has 0 saturated heterocycles. The molecule has 1 fully saturated rings. The van der Waals surface area contributed by atoms with Crippen molar-refractivity contribution in [3.05, 3.63) is 29.6 Å². The van der Waals surface area contributed by atoms with Gasteiger partial charge in [-0.3, -0.25) is 0 Å². The summed E-state index contributed by atoms with van der Waals surface area (Å²) in [6.07, 6.45) is 5.95. The Balaban J connectivity index is 1.88. The fourth-order valence-electron chi connectivity index (χ4n) is 2.30. The van der Waals surface area contributed by atoms with Crippen molar-refractivity contribution in [2.45, 2.75) is 32.1 Å². The number of esters is 1. The Morgan fingerprint density at radius 2 is 2.06 bits per heavy atom. The molecular weight excluding hydrogens is 233 g/mol. The number of nitrogens with two attached hydrogens (primary N) is 1. The number of rotatable bonds is 3. The zero-order chi connectivity index (χ0) is 13.0. The van der Waals surface area contributed by atoms with E-state index in [1.54, 1.807) is 0 Å². The first-order chi connectivity index (χ1) is 8.66. The number of ether oxygens (including phenoxy) is 1. The number of halogens is 1. The zero-order valence-electron chi connectivity index (χ0n) is 10.3. The van der Waals surface area contributed by atoms with Crippen molar-refractivity contribution in [2.24, 2.45) is 5.92 Å². The topological polar surface area (TPSA) is 52.3 Å². The maximum Gasteiger partial charge on any atom is 0.338 e. The van der Waals surface area contributed by atoms with Gasteiger partial charge in [-0.2, -0.15) is 0 Å². The van der Waals surface area contributed by atoms with E-state index in [-0.39, 0.29) is 5.69 Å². The first-order valence-corrected chi connectivity index (χ1v) is 6.39. The Bertz CT molecular complexity index is 428. The van der Waals surface area contributed by atoms with Crippen LogP contribution < -0.4 is 5.73 Å². The van der Waals surface area contributed by atoms with Gasteiger partial charge in [0.05, 0.1) is 17.9 Å². The molecule has 0 aromatic heterocycles. The molecule has 0 heterocycles. The van der Waals surface area contributed by atoms with Crippen LogP contribution in [0.25, 0.3) is 0 Å². The maximum absolute atomic E-state index is 13.0. The minimum absolute atomic E-state index is 0.0258. The van der Waals surface area contributed by atoms with Crippen LogP contribution in [0.4, 0.5) is 10.1 Å². The highest BCUT2D eigenvalue weighted by Gasteiger charge is 2.16. The molecule has 1 saturated carbocycles. The monoisotopic (exact) mass is 251 g/mol. The summed E-state index contributed by atoms with van der Waals surface area (Å²) in [6, 6.07) is 3.90. The molecule has 0 spiro atoms. The van der Waals surface area contributed by atoms with Gasteiger partial charge >= 0.3 is 5.97 Å². The van der Waals surface area contributed by atoms with E-state index in [1.807, 2.05) is 0 Å². The quantitative estimate of drug-likeness (QED) is 0.663. The van der Waals surface area contributed by atoms with Crippen molar-refractivity contribution in [3.8, 4) is 0 Å². The molecule has 98 valence electrons. The van der Waals surface area contributed by atoms with Crippen molar-refractivity contribution in [1.82, 2.24) is 0 Å². The van der Waals surface area contributed by atoms with E-state index < -0.39 is 11.8 Å². The van der Waals surface area contributed by atoms with Crippen molar-refractivity contribution in [2.75, 3.05) is 12.3 Å². The molecular formula is C14H18FNO2. The number of hydrogen-bond donors (Lipinski definition) is 1. The van der Waals surface area contributed by atoms with E-state index in [0.29, 0.717) is 18.1 Å². The van der Waals surface area contributed by atoms with Gasteiger partial charge in [0, 0.05) is 0 Å². The van der Waals surface area contributed by atoms with E-state index in [9.17, 15) is 9.18 Å². The van der Waals surface area contributed by atoms with Gasteiger partial charge in [0.15, 0.2) is 0 Å². The number of benzene rings is 1. The first kappa shape index (κ1) is 12.9. The fourth-order valence-corrected chi connectivity index (χ4v) is 2.30. The molecule has 0 amide bonds. The van der Waals surface area contributed by atoms with Crippen LogP contribution in [0.1, 0.15) is 42.5 Å². The summed E-state index contributed by atoms with van der Waals surface area (Å²) in [6.45, 7) is 0.454. The standard InChI is InChI=1S/C14H18FNO2/c15-12-7-6-11(8-13(12)16)14(17)18-9-10-4-2-1-3-5-10/h6-8,10H,1-5,9,16H2. The molecule has 2 rings (SSSR count). The van der Waals surface area contributed by atoms with Gasteiger partial charge in [-0.25, -0.2) is 9.18 Å². The zero-order valence-corrected chi connectivity index (χ0v) is 10.3. The van der Waals surface area contributed by atoms with Crippen LogP contribution in [0.5, 0.6) is 0 Å². The minimum atomic E-state index is -0.515. The molecule has 1 aromatic carbocycles. The third kappa shape index (κ3) is 3.22. The van der Waals surface area contributed by atoms with Gasteiger partial charge in [0.2, 0.25) is 0 Å². The Hall–Kier alpha value is -1.58. The summed E-state index contributed by atoms with van der Waals surface area (Å²) in [7, 11) is 0. The van der Waals surface area contributed by atoms with Crippen LogP contribution in [0.2, 0.25) is 0 Å². The van der Waals surface area contributed by atoms with Crippen LogP contribution in [0.3, 0.4) is 0 Å². The molecule has 1 aromatic rings.